The lowest BCUT2D eigenvalue weighted by molar-refractivity contribution is -0.384. The number of nitro groups is 1. The maximum Gasteiger partial charge on any atom is 0.270 e. The van der Waals surface area contributed by atoms with E-state index in [1.807, 2.05) is 4.90 Å². The smallest absolute Gasteiger partial charge is 0.270 e. The van der Waals surface area contributed by atoms with Gasteiger partial charge in [-0.3, -0.25) is 14.9 Å². The number of aliphatic hydroxyl groups excluding tert-OH is 1. The minimum atomic E-state index is -0.510. The fourth-order valence-electron chi connectivity index (χ4n) is 2.47. The number of rotatable bonds is 4. The minimum Gasteiger partial charge on any atom is -0.396 e. The molecule has 1 aromatic carbocycles. The van der Waals surface area contributed by atoms with Gasteiger partial charge in [-0.15, -0.1) is 0 Å². The molecule has 1 atom stereocenters. The summed E-state index contributed by atoms with van der Waals surface area (Å²) in [5.41, 5.74) is 0.952. The van der Waals surface area contributed by atoms with Crippen molar-refractivity contribution in [3.05, 3.63) is 33.9 Å². The summed E-state index contributed by atoms with van der Waals surface area (Å²) in [6, 6.07) is 4.32. The highest BCUT2D eigenvalue weighted by atomic mass is 16.6. The van der Waals surface area contributed by atoms with Gasteiger partial charge in [0.05, 0.1) is 4.92 Å². The first-order valence-electron chi connectivity index (χ1n) is 6.25. The maximum absolute atomic E-state index is 11.1. The molecule has 1 aliphatic rings. The van der Waals surface area contributed by atoms with Crippen molar-refractivity contribution in [2.45, 2.75) is 12.8 Å². The van der Waals surface area contributed by atoms with Crippen molar-refractivity contribution in [1.82, 2.24) is 0 Å². The summed E-state index contributed by atoms with van der Waals surface area (Å²) in [4.78, 5) is 23.3. The number of hydrogen-bond acceptors (Lipinski definition) is 5. The Morgan fingerprint density at radius 3 is 2.95 bits per heavy atom. The molecule has 1 unspecified atom stereocenters. The zero-order valence-electron chi connectivity index (χ0n) is 10.5. The molecule has 6 heteroatoms. The molecule has 1 saturated heterocycles. The van der Waals surface area contributed by atoms with Crippen LogP contribution in [0.25, 0.3) is 0 Å². The van der Waals surface area contributed by atoms with Crippen LogP contribution in [0.2, 0.25) is 0 Å². The Morgan fingerprint density at radius 2 is 2.32 bits per heavy atom. The van der Waals surface area contributed by atoms with Crippen LogP contribution in [0.1, 0.15) is 23.2 Å². The number of nitrogens with zero attached hydrogens (tertiary/aromatic N) is 2. The number of carbonyl (C=O) groups excluding carboxylic acids is 1. The number of nitro benzene ring substituents is 1. The molecule has 1 fully saturated rings. The molecule has 1 N–H and O–H groups in total. The van der Waals surface area contributed by atoms with Gasteiger partial charge in [-0.1, -0.05) is 0 Å². The van der Waals surface area contributed by atoms with E-state index in [4.69, 9.17) is 0 Å². The second-order valence-electron chi connectivity index (χ2n) is 4.75. The first-order valence-corrected chi connectivity index (χ1v) is 6.25. The van der Waals surface area contributed by atoms with Gasteiger partial charge in [-0.2, -0.15) is 0 Å². The molecule has 0 aliphatic carbocycles. The molecule has 0 aromatic heterocycles. The molecule has 0 spiro atoms. The van der Waals surface area contributed by atoms with E-state index < -0.39 is 4.92 Å². The van der Waals surface area contributed by atoms with Crippen LogP contribution < -0.4 is 4.90 Å². The molecule has 0 amide bonds. The molecule has 1 heterocycles. The van der Waals surface area contributed by atoms with Gasteiger partial charge in [0.1, 0.15) is 0 Å². The number of benzene rings is 1. The number of carbonyl (C=O) groups is 1. The van der Waals surface area contributed by atoms with Gasteiger partial charge in [0.25, 0.3) is 5.69 Å². The van der Waals surface area contributed by atoms with Crippen LogP contribution in [0.3, 0.4) is 0 Å². The molecular formula is C13H16N2O4. The van der Waals surface area contributed by atoms with Crippen LogP contribution in [0.15, 0.2) is 18.2 Å². The zero-order chi connectivity index (χ0) is 13.8. The fraction of sp³-hybridized carbons (Fsp3) is 0.462. The van der Waals surface area contributed by atoms with Crippen molar-refractivity contribution < 1.29 is 14.8 Å². The molecule has 2 rings (SSSR count). The summed E-state index contributed by atoms with van der Waals surface area (Å²) in [5, 5.41) is 19.9. The Bertz CT molecular complexity index is 490. The van der Waals surface area contributed by atoms with Crippen molar-refractivity contribution in [1.29, 1.82) is 0 Å². The highest BCUT2D eigenvalue weighted by Gasteiger charge is 2.22. The number of hydrogen-bond donors (Lipinski definition) is 1. The van der Waals surface area contributed by atoms with Gasteiger partial charge >= 0.3 is 0 Å². The summed E-state index contributed by atoms with van der Waals surface area (Å²) < 4.78 is 0. The van der Waals surface area contributed by atoms with Crippen molar-refractivity contribution in [3.63, 3.8) is 0 Å². The average Bonchev–Trinajstić information content (AvgIpc) is 2.46. The van der Waals surface area contributed by atoms with E-state index in [0.717, 1.165) is 19.4 Å². The van der Waals surface area contributed by atoms with Gasteiger partial charge in [-0.25, -0.2) is 0 Å². The molecule has 0 bridgehead atoms. The highest BCUT2D eigenvalue weighted by Crippen LogP contribution is 2.28. The van der Waals surface area contributed by atoms with E-state index in [2.05, 4.69) is 0 Å². The summed E-state index contributed by atoms with van der Waals surface area (Å²) in [7, 11) is 0. The van der Waals surface area contributed by atoms with Gasteiger partial charge < -0.3 is 10.0 Å². The molecule has 102 valence electrons. The van der Waals surface area contributed by atoms with Crippen LogP contribution in [0, 0.1) is 16.0 Å². The van der Waals surface area contributed by atoms with Crippen LogP contribution in [-0.4, -0.2) is 36.0 Å². The number of aldehydes is 1. The Morgan fingerprint density at radius 1 is 1.53 bits per heavy atom. The van der Waals surface area contributed by atoms with Gasteiger partial charge in [0, 0.05) is 43.1 Å². The minimum absolute atomic E-state index is 0.0819. The van der Waals surface area contributed by atoms with Crippen LogP contribution >= 0.6 is 0 Å². The normalized spacial score (nSPS) is 19.2. The van der Waals surface area contributed by atoms with Gasteiger partial charge in [0.15, 0.2) is 6.29 Å². The lowest BCUT2D eigenvalue weighted by atomic mass is 9.97. The topological polar surface area (TPSA) is 83.7 Å². The average molecular weight is 264 g/mol. The zero-order valence-corrected chi connectivity index (χ0v) is 10.5. The van der Waals surface area contributed by atoms with E-state index in [1.165, 1.54) is 12.1 Å². The number of non-ortho nitro benzene ring substituents is 1. The molecule has 1 aromatic rings. The Balaban J connectivity index is 2.28. The molecule has 0 radical (unpaired) electrons. The van der Waals surface area contributed by atoms with E-state index in [0.29, 0.717) is 24.1 Å². The second-order valence-corrected chi connectivity index (χ2v) is 4.75. The highest BCUT2D eigenvalue weighted by molar-refractivity contribution is 5.86. The van der Waals surface area contributed by atoms with Crippen molar-refractivity contribution in [2.75, 3.05) is 24.6 Å². The second kappa shape index (κ2) is 5.79. The quantitative estimate of drug-likeness (QED) is 0.507. The predicted molar refractivity (Wildman–Crippen MR) is 70.5 cm³/mol. The summed E-state index contributed by atoms with van der Waals surface area (Å²) in [6.45, 7) is 1.60. The third-order valence-corrected chi connectivity index (χ3v) is 3.47. The van der Waals surface area contributed by atoms with E-state index in [-0.39, 0.29) is 18.2 Å². The Hall–Kier alpha value is -1.95. The fourth-order valence-corrected chi connectivity index (χ4v) is 2.47. The SMILES string of the molecule is O=Cc1cc([N+](=O)[O-])ccc1N1CCCC(CO)C1. The predicted octanol–water partition coefficient (Wildman–Crippen LogP) is 1.62. The summed E-state index contributed by atoms with van der Waals surface area (Å²) in [6.07, 6.45) is 2.56. The largest absolute Gasteiger partial charge is 0.396 e. The molecule has 0 saturated carbocycles. The third-order valence-electron chi connectivity index (χ3n) is 3.47. The van der Waals surface area contributed by atoms with Crippen LogP contribution in [-0.2, 0) is 0 Å². The van der Waals surface area contributed by atoms with E-state index in [9.17, 15) is 20.0 Å². The summed E-state index contributed by atoms with van der Waals surface area (Å²) >= 11 is 0. The molecule has 6 nitrogen and oxygen atoms in total. The number of piperidine rings is 1. The Kier molecular flexibility index (Phi) is 4.11. The number of aliphatic hydroxyl groups is 1. The first-order chi connectivity index (χ1) is 9.15. The molecular weight excluding hydrogens is 248 g/mol. The Labute approximate surface area is 110 Å². The lowest BCUT2D eigenvalue weighted by Crippen LogP contribution is -2.37. The van der Waals surface area contributed by atoms with Crippen molar-refractivity contribution >= 4 is 17.7 Å². The van der Waals surface area contributed by atoms with Gasteiger partial charge in [-0.05, 0) is 24.8 Å². The first kappa shape index (κ1) is 13.5. The third kappa shape index (κ3) is 2.90. The standard InChI is InChI=1S/C13H16N2O4/c16-8-10-2-1-5-14(7-10)13-4-3-12(15(18)19)6-11(13)9-17/h3-4,6,9-10,16H,1-2,5,7-8H2. The van der Waals surface area contributed by atoms with Crippen LogP contribution in [0.4, 0.5) is 11.4 Å². The lowest BCUT2D eigenvalue weighted by Gasteiger charge is -2.34. The van der Waals surface area contributed by atoms with Gasteiger partial charge in [0.2, 0.25) is 0 Å². The molecule has 1 aliphatic heterocycles. The monoisotopic (exact) mass is 264 g/mol. The maximum atomic E-state index is 11.1. The number of anilines is 1. The summed E-state index contributed by atoms with van der Waals surface area (Å²) in [5.74, 6) is 0.198. The molecule has 19 heavy (non-hydrogen) atoms. The van der Waals surface area contributed by atoms with E-state index >= 15 is 0 Å². The van der Waals surface area contributed by atoms with Crippen molar-refractivity contribution in [2.24, 2.45) is 5.92 Å². The van der Waals surface area contributed by atoms with E-state index in [1.54, 1.807) is 6.07 Å². The van der Waals surface area contributed by atoms with Crippen molar-refractivity contribution in [3.8, 4) is 0 Å². The van der Waals surface area contributed by atoms with Crippen LogP contribution in [0.5, 0.6) is 0 Å².